The molecule has 0 aliphatic rings. The SMILES string of the molecule is O=C(O)C(S)C(S)CCCS(=O)O. The average Bonchev–Trinajstić information content (AvgIpc) is 2.02. The van der Waals surface area contributed by atoms with Crippen LogP contribution < -0.4 is 0 Å². The maximum Gasteiger partial charge on any atom is 0.317 e. The fourth-order valence-corrected chi connectivity index (χ4v) is 1.61. The van der Waals surface area contributed by atoms with Gasteiger partial charge in [-0.3, -0.25) is 4.79 Å². The lowest BCUT2D eigenvalue weighted by atomic mass is 10.2. The van der Waals surface area contributed by atoms with Gasteiger partial charge in [-0.2, -0.15) is 25.3 Å². The molecule has 3 unspecified atom stereocenters. The third-order valence-electron chi connectivity index (χ3n) is 1.44. The maximum atomic E-state index is 10.4. The first-order valence-electron chi connectivity index (χ1n) is 3.61. The van der Waals surface area contributed by atoms with Crippen molar-refractivity contribution in [3.63, 3.8) is 0 Å². The Morgan fingerprint density at radius 3 is 2.38 bits per heavy atom. The molecule has 7 heteroatoms. The third kappa shape index (κ3) is 6.36. The Kier molecular flexibility index (Phi) is 6.84. The van der Waals surface area contributed by atoms with Crippen LogP contribution >= 0.6 is 25.3 Å². The van der Waals surface area contributed by atoms with Crippen LogP contribution in [0.5, 0.6) is 0 Å². The molecule has 0 aliphatic carbocycles. The summed E-state index contributed by atoms with van der Waals surface area (Å²) in [5.74, 6) is -0.870. The minimum Gasteiger partial charge on any atom is -0.480 e. The summed E-state index contributed by atoms with van der Waals surface area (Å²) >= 11 is 6.05. The van der Waals surface area contributed by atoms with Crippen molar-refractivity contribution in [2.75, 3.05) is 5.75 Å². The van der Waals surface area contributed by atoms with E-state index in [1.54, 1.807) is 0 Å². The Labute approximate surface area is 90.2 Å². The van der Waals surface area contributed by atoms with E-state index < -0.39 is 22.3 Å². The largest absolute Gasteiger partial charge is 0.480 e. The molecular weight excluding hydrogens is 232 g/mol. The van der Waals surface area contributed by atoms with Gasteiger partial charge < -0.3 is 9.66 Å². The molecule has 0 aliphatic heterocycles. The van der Waals surface area contributed by atoms with Gasteiger partial charge in [-0.1, -0.05) is 0 Å². The van der Waals surface area contributed by atoms with E-state index >= 15 is 0 Å². The topological polar surface area (TPSA) is 74.6 Å². The summed E-state index contributed by atoms with van der Waals surface area (Å²) in [6, 6.07) is 0. The van der Waals surface area contributed by atoms with Crippen molar-refractivity contribution in [3.8, 4) is 0 Å². The molecule has 0 aromatic carbocycles. The third-order valence-corrected chi connectivity index (χ3v) is 3.45. The van der Waals surface area contributed by atoms with E-state index in [9.17, 15) is 9.00 Å². The zero-order valence-electron chi connectivity index (χ0n) is 6.79. The smallest absolute Gasteiger partial charge is 0.317 e. The number of thiol groups is 2. The molecule has 13 heavy (non-hydrogen) atoms. The van der Waals surface area contributed by atoms with Gasteiger partial charge in [-0.15, -0.1) is 0 Å². The Balaban J connectivity index is 3.67. The minimum atomic E-state index is -1.81. The van der Waals surface area contributed by atoms with Gasteiger partial charge in [0.15, 0.2) is 11.1 Å². The number of hydrogen-bond acceptors (Lipinski definition) is 4. The predicted octanol–water partition coefficient (Wildman–Crippen LogP) is 0.670. The summed E-state index contributed by atoms with van der Waals surface area (Å²) in [6.45, 7) is 0. The van der Waals surface area contributed by atoms with Crippen molar-refractivity contribution >= 4 is 42.3 Å². The molecule has 0 heterocycles. The molecule has 3 atom stereocenters. The van der Waals surface area contributed by atoms with E-state index in [2.05, 4.69) is 25.3 Å². The summed E-state index contributed by atoms with van der Waals surface area (Å²) in [7, 11) is 0. The lowest BCUT2D eigenvalue weighted by Crippen LogP contribution is -2.25. The number of carboxylic acid groups (broad SMARTS) is 1. The van der Waals surface area contributed by atoms with Gasteiger partial charge in [-0.25, -0.2) is 4.21 Å². The second kappa shape index (κ2) is 6.69. The van der Waals surface area contributed by atoms with E-state index in [1.807, 2.05) is 0 Å². The molecule has 0 spiro atoms. The number of rotatable bonds is 6. The van der Waals surface area contributed by atoms with Crippen LogP contribution in [0.4, 0.5) is 0 Å². The number of carboxylic acids is 1. The van der Waals surface area contributed by atoms with Crippen molar-refractivity contribution in [3.05, 3.63) is 0 Å². The summed E-state index contributed by atoms with van der Waals surface area (Å²) < 4.78 is 18.7. The maximum absolute atomic E-state index is 10.4. The summed E-state index contributed by atoms with van der Waals surface area (Å²) in [5.41, 5.74) is 0. The van der Waals surface area contributed by atoms with Gasteiger partial charge in [-0.05, 0) is 12.8 Å². The average molecular weight is 244 g/mol. The van der Waals surface area contributed by atoms with Crippen LogP contribution in [0.3, 0.4) is 0 Å². The first-order valence-corrected chi connectivity index (χ1v) is 5.92. The van der Waals surface area contributed by atoms with Crippen LogP contribution in [0.2, 0.25) is 0 Å². The van der Waals surface area contributed by atoms with Crippen LogP contribution in [-0.4, -0.2) is 36.1 Å². The van der Waals surface area contributed by atoms with Gasteiger partial charge >= 0.3 is 5.97 Å². The highest BCUT2D eigenvalue weighted by molar-refractivity contribution is 7.85. The number of hydrogen-bond donors (Lipinski definition) is 4. The van der Waals surface area contributed by atoms with Crippen molar-refractivity contribution in [1.82, 2.24) is 0 Å². The summed E-state index contributed by atoms with van der Waals surface area (Å²) in [6.07, 6.45) is 0.942. The van der Waals surface area contributed by atoms with Crippen LogP contribution in [0, 0.1) is 0 Å². The second-order valence-corrected chi connectivity index (χ2v) is 4.79. The standard InChI is InChI=1S/C6H12O4S3/c7-6(8)5(12)4(11)2-1-3-13(9)10/h4-5,11-12H,1-3H2,(H,7,8)(H,9,10). The van der Waals surface area contributed by atoms with Gasteiger partial charge in [0.05, 0.1) is 0 Å². The quantitative estimate of drug-likeness (QED) is 0.409. The van der Waals surface area contributed by atoms with Crippen LogP contribution in [0.15, 0.2) is 0 Å². The molecule has 0 amide bonds. The fourth-order valence-electron chi connectivity index (χ4n) is 0.738. The van der Waals surface area contributed by atoms with Gasteiger partial charge in [0.1, 0.15) is 5.25 Å². The van der Waals surface area contributed by atoms with Crippen LogP contribution in [0.1, 0.15) is 12.8 Å². The second-order valence-electron chi connectivity index (χ2n) is 2.52. The Morgan fingerprint density at radius 2 is 2.00 bits per heavy atom. The Morgan fingerprint density at radius 1 is 1.46 bits per heavy atom. The van der Waals surface area contributed by atoms with E-state index in [0.717, 1.165) is 0 Å². The first-order chi connectivity index (χ1) is 5.95. The number of carbonyl (C=O) groups is 1. The molecule has 0 radical (unpaired) electrons. The lowest BCUT2D eigenvalue weighted by molar-refractivity contribution is -0.136. The summed E-state index contributed by atoms with van der Waals surface area (Å²) in [5, 5.41) is 7.32. The Bertz CT molecular complexity index is 196. The highest BCUT2D eigenvalue weighted by Crippen LogP contribution is 2.15. The highest BCUT2D eigenvalue weighted by Gasteiger charge is 2.20. The molecule has 0 saturated carbocycles. The fraction of sp³-hybridized carbons (Fsp3) is 0.833. The molecule has 78 valence electrons. The van der Waals surface area contributed by atoms with Crippen LogP contribution in [-0.2, 0) is 15.9 Å². The van der Waals surface area contributed by atoms with E-state index in [-0.39, 0.29) is 11.0 Å². The van der Waals surface area contributed by atoms with Crippen molar-refractivity contribution in [2.24, 2.45) is 0 Å². The predicted molar refractivity (Wildman–Crippen MR) is 58.1 cm³/mol. The zero-order chi connectivity index (χ0) is 10.4. The van der Waals surface area contributed by atoms with Gasteiger partial charge in [0, 0.05) is 11.0 Å². The monoisotopic (exact) mass is 244 g/mol. The molecule has 4 nitrogen and oxygen atoms in total. The molecule has 0 aromatic heterocycles. The lowest BCUT2D eigenvalue weighted by Gasteiger charge is -2.13. The number of aliphatic carboxylic acids is 1. The Hall–Kier alpha value is 0.280. The first kappa shape index (κ1) is 13.3. The molecule has 2 N–H and O–H groups in total. The zero-order valence-corrected chi connectivity index (χ0v) is 9.39. The summed E-state index contributed by atoms with van der Waals surface area (Å²) in [4.78, 5) is 10.4. The van der Waals surface area contributed by atoms with E-state index in [0.29, 0.717) is 12.8 Å². The molecule has 0 saturated heterocycles. The van der Waals surface area contributed by atoms with Gasteiger partial charge in [0.25, 0.3) is 0 Å². The van der Waals surface area contributed by atoms with E-state index in [1.165, 1.54) is 0 Å². The van der Waals surface area contributed by atoms with E-state index in [4.69, 9.17) is 9.66 Å². The molecular formula is C6H12O4S3. The molecule has 0 aromatic rings. The highest BCUT2D eigenvalue weighted by atomic mass is 32.2. The minimum absolute atomic E-state index is 0.150. The molecule has 0 rings (SSSR count). The molecule has 0 bridgehead atoms. The molecule has 0 fully saturated rings. The van der Waals surface area contributed by atoms with Crippen molar-refractivity contribution < 1.29 is 18.7 Å². The van der Waals surface area contributed by atoms with Crippen molar-refractivity contribution in [2.45, 2.75) is 23.3 Å². The normalized spacial score (nSPS) is 17.8. The van der Waals surface area contributed by atoms with Gasteiger partial charge in [0.2, 0.25) is 0 Å². The van der Waals surface area contributed by atoms with Crippen LogP contribution in [0.25, 0.3) is 0 Å². The van der Waals surface area contributed by atoms with Crippen molar-refractivity contribution in [1.29, 1.82) is 0 Å².